The SMILES string of the molecule is C1CNCC2(C1)CCCC1CC12. The Kier molecular flexibility index (Phi) is 1.52. The molecule has 0 aromatic heterocycles. The summed E-state index contributed by atoms with van der Waals surface area (Å²) in [7, 11) is 0. The van der Waals surface area contributed by atoms with Crippen LogP contribution in [0.15, 0.2) is 0 Å². The molecule has 1 heterocycles. The van der Waals surface area contributed by atoms with Crippen molar-refractivity contribution in [2.24, 2.45) is 17.3 Å². The summed E-state index contributed by atoms with van der Waals surface area (Å²) in [6.07, 6.45) is 9.13. The number of fused-ring (bicyclic) bond motifs is 2. The fourth-order valence-electron chi connectivity index (χ4n) is 3.74. The highest BCUT2D eigenvalue weighted by Crippen LogP contribution is 2.61. The summed E-state index contributed by atoms with van der Waals surface area (Å²) in [5.74, 6) is 2.29. The van der Waals surface area contributed by atoms with Gasteiger partial charge in [0.25, 0.3) is 0 Å². The third-order valence-corrected chi connectivity index (χ3v) is 4.46. The van der Waals surface area contributed by atoms with E-state index in [0.29, 0.717) is 0 Å². The van der Waals surface area contributed by atoms with Crippen LogP contribution in [0.3, 0.4) is 0 Å². The molecule has 1 heteroatoms. The Bertz CT molecular complexity index is 176. The monoisotopic (exact) mass is 165 g/mol. The van der Waals surface area contributed by atoms with Gasteiger partial charge in [0.05, 0.1) is 0 Å². The molecule has 0 aromatic rings. The van der Waals surface area contributed by atoms with E-state index in [1.54, 1.807) is 12.8 Å². The van der Waals surface area contributed by atoms with Crippen LogP contribution in [0.4, 0.5) is 0 Å². The van der Waals surface area contributed by atoms with E-state index in [9.17, 15) is 0 Å². The van der Waals surface area contributed by atoms with Gasteiger partial charge in [-0.15, -0.1) is 0 Å². The Hall–Kier alpha value is -0.0400. The van der Waals surface area contributed by atoms with Crippen LogP contribution < -0.4 is 5.32 Å². The van der Waals surface area contributed by atoms with Crippen molar-refractivity contribution in [3.05, 3.63) is 0 Å². The zero-order valence-corrected chi connectivity index (χ0v) is 7.81. The molecule has 3 aliphatic rings. The Balaban J connectivity index is 1.78. The molecule has 0 aromatic carbocycles. The summed E-state index contributed by atoms with van der Waals surface area (Å²) < 4.78 is 0. The standard InChI is InChI=1S/C11H19N/c1-3-9-7-10(9)11(4-1)5-2-6-12-8-11/h9-10,12H,1-8H2. The first-order valence-electron chi connectivity index (χ1n) is 5.61. The van der Waals surface area contributed by atoms with Gasteiger partial charge >= 0.3 is 0 Å². The lowest BCUT2D eigenvalue weighted by Crippen LogP contribution is -2.43. The lowest BCUT2D eigenvalue weighted by molar-refractivity contribution is 0.121. The fraction of sp³-hybridized carbons (Fsp3) is 1.00. The van der Waals surface area contributed by atoms with Crippen LogP contribution in [0.1, 0.15) is 38.5 Å². The predicted molar refractivity (Wildman–Crippen MR) is 50.0 cm³/mol. The van der Waals surface area contributed by atoms with Crippen molar-refractivity contribution in [3.8, 4) is 0 Å². The molecule has 3 rings (SSSR count). The van der Waals surface area contributed by atoms with Crippen LogP contribution in [-0.2, 0) is 0 Å². The van der Waals surface area contributed by atoms with Gasteiger partial charge in [-0.05, 0) is 49.5 Å². The molecule has 1 aliphatic heterocycles. The second kappa shape index (κ2) is 2.47. The lowest BCUT2D eigenvalue weighted by Gasteiger charge is -2.41. The lowest BCUT2D eigenvalue weighted by atomic mass is 9.69. The highest BCUT2D eigenvalue weighted by molar-refractivity contribution is 5.05. The molecule has 12 heavy (non-hydrogen) atoms. The van der Waals surface area contributed by atoms with Crippen LogP contribution in [0.5, 0.6) is 0 Å². The van der Waals surface area contributed by atoms with Crippen LogP contribution in [0.25, 0.3) is 0 Å². The summed E-state index contributed by atoms with van der Waals surface area (Å²) in [4.78, 5) is 0. The maximum absolute atomic E-state index is 3.60. The van der Waals surface area contributed by atoms with Gasteiger partial charge in [-0.2, -0.15) is 0 Å². The highest BCUT2D eigenvalue weighted by Gasteiger charge is 2.54. The van der Waals surface area contributed by atoms with Crippen molar-refractivity contribution in [1.82, 2.24) is 5.32 Å². The van der Waals surface area contributed by atoms with Gasteiger partial charge in [0.2, 0.25) is 0 Å². The Morgan fingerprint density at radius 3 is 2.92 bits per heavy atom. The van der Waals surface area contributed by atoms with Gasteiger partial charge < -0.3 is 5.32 Å². The van der Waals surface area contributed by atoms with Crippen LogP contribution >= 0.6 is 0 Å². The van der Waals surface area contributed by atoms with Crippen molar-refractivity contribution in [2.45, 2.75) is 38.5 Å². The third-order valence-electron chi connectivity index (χ3n) is 4.46. The predicted octanol–water partition coefficient (Wildman–Crippen LogP) is 2.18. The molecule has 0 amide bonds. The van der Waals surface area contributed by atoms with Crippen molar-refractivity contribution < 1.29 is 0 Å². The van der Waals surface area contributed by atoms with Gasteiger partial charge in [0.15, 0.2) is 0 Å². The van der Waals surface area contributed by atoms with Gasteiger partial charge in [-0.3, -0.25) is 0 Å². The molecule has 1 saturated heterocycles. The maximum Gasteiger partial charge on any atom is 0.00106 e. The number of hydrogen-bond acceptors (Lipinski definition) is 1. The average molecular weight is 165 g/mol. The normalized spacial score (nSPS) is 52.0. The summed E-state index contributed by atoms with van der Waals surface area (Å²) >= 11 is 0. The first-order valence-corrected chi connectivity index (χ1v) is 5.61. The van der Waals surface area contributed by atoms with E-state index in [-0.39, 0.29) is 0 Å². The van der Waals surface area contributed by atoms with E-state index in [1.807, 2.05) is 0 Å². The van der Waals surface area contributed by atoms with E-state index >= 15 is 0 Å². The minimum absolute atomic E-state index is 0.779. The van der Waals surface area contributed by atoms with Crippen molar-refractivity contribution in [1.29, 1.82) is 0 Å². The Morgan fingerprint density at radius 1 is 1.17 bits per heavy atom. The van der Waals surface area contributed by atoms with Crippen LogP contribution in [-0.4, -0.2) is 13.1 Å². The van der Waals surface area contributed by atoms with Crippen molar-refractivity contribution in [3.63, 3.8) is 0 Å². The van der Waals surface area contributed by atoms with E-state index < -0.39 is 0 Å². The summed E-state index contributed by atoms with van der Waals surface area (Å²) in [5.41, 5.74) is 0.779. The summed E-state index contributed by atoms with van der Waals surface area (Å²) in [6.45, 7) is 2.62. The maximum atomic E-state index is 3.60. The minimum Gasteiger partial charge on any atom is -0.316 e. The molecule has 0 radical (unpaired) electrons. The number of hydrogen-bond donors (Lipinski definition) is 1. The highest BCUT2D eigenvalue weighted by atomic mass is 14.9. The first-order chi connectivity index (χ1) is 5.91. The molecule has 0 bridgehead atoms. The summed E-state index contributed by atoms with van der Waals surface area (Å²) in [6, 6.07) is 0. The molecule has 68 valence electrons. The molecular formula is C11H19N. The Morgan fingerprint density at radius 2 is 2.08 bits per heavy atom. The number of rotatable bonds is 0. The van der Waals surface area contributed by atoms with Gasteiger partial charge in [-0.1, -0.05) is 12.8 Å². The zero-order chi connectivity index (χ0) is 8.02. The second-order valence-electron chi connectivity index (χ2n) is 5.14. The molecule has 2 saturated carbocycles. The first kappa shape index (κ1) is 7.37. The Labute approximate surface area is 74.9 Å². The summed E-state index contributed by atoms with van der Waals surface area (Å²) in [5, 5.41) is 3.60. The molecule has 1 nitrogen and oxygen atoms in total. The zero-order valence-electron chi connectivity index (χ0n) is 7.81. The van der Waals surface area contributed by atoms with Gasteiger partial charge in [-0.25, -0.2) is 0 Å². The molecule has 3 unspecified atom stereocenters. The van der Waals surface area contributed by atoms with E-state index in [0.717, 1.165) is 17.3 Å². The number of nitrogens with one attached hydrogen (secondary N) is 1. The van der Waals surface area contributed by atoms with Crippen molar-refractivity contribution >= 4 is 0 Å². The van der Waals surface area contributed by atoms with Crippen LogP contribution in [0.2, 0.25) is 0 Å². The van der Waals surface area contributed by atoms with Crippen molar-refractivity contribution in [2.75, 3.05) is 13.1 Å². The second-order valence-corrected chi connectivity index (χ2v) is 5.14. The third kappa shape index (κ3) is 0.953. The average Bonchev–Trinajstić information content (AvgIpc) is 2.87. The van der Waals surface area contributed by atoms with Crippen LogP contribution in [0, 0.1) is 17.3 Å². The number of piperidine rings is 1. The van der Waals surface area contributed by atoms with E-state index in [1.165, 1.54) is 38.8 Å². The smallest absolute Gasteiger partial charge is 0.00106 e. The largest absolute Gasteiger partial charge is 0.316 e. The minimum atomic E-state index is 0.779. The van der Waals surface area contributed by atoms with E-state index in [2.05, 4.69) is 5.32 Å². The molecule has 3 atom stereocenters. The molecule has 3 fully saturated rings. The molecular weight excluding hydrogens is 146 g/mol. The fourth-order valence-corrected chi connectivity index (χ4v) is 3.74. The quantitative estimate of drug-likeness (QED) is 0.580. The van der Waals surface area contributed by atoms with Gasteiger partial charge in [0, 0.05) is 6.54 Å². The molecule has 2 aliphatic carbocycles. The van der Waals surface area contributed by atoms with E-state index in [4.69, 9.17) is 0 Å². The topological polar surface area (TPSA) is 12.0 Å². The van der Waals surface area contributed by atoms with Gasteiger partial charge in [0.1, 0.15) is 0 Å². The molecule has 1 spiro atoms. The molecule has 1 N–H and O–H groups in total.